The van der Waals surface area contributed by atoms with Gasteiger partial charge in [-0.05, 0) is 468 Å². The Balaban J connectivity index is 0.000000159. The number of aryl methyl sites for hydroxylation is 6. The van der Waals surface area contributed by atoms with Crippen LogP contribution in [0.2, 0.25) is 0 Å². The highest BCUT2D eigenvalue weighted by Crippen LogP contribution is 2.67. The van der Waals surface area contributed by atoms with E-state index >= 15 is 0 Å². The molecule has 18 rings (SSSR count). The number of hydrogen-bond acceptors (Lipinski definition) is 8. The number of fused-ring (bicyclic) bond motifs is 18. The topological polar surface area (TPSA) is 161 Å². The van der Waals surface area contributed by atoms with E-state index in [1.54, 1.807) is 7.11 Å². The van der Waals surface area contributed by atoms with Gasteiger partial charge in [-0.1, -0.05) is 263 Å². The first-order valence-corrected chi connectivity index (χ1v) is 56.6. The van der Waals surface area contributed by atoms with Crippen LogP contribution in [0.3, 0.4) is 0 Å². The summed E-state index contributed by atoms with van der Waals surface area (Å²) in [6.45, 7) is 57.7. The molecular weight excluding hydrogens is 1770 g/mol. The summed E-state index contributed by atoms with van der Waals surface area (Å²) < 4.78 is 11.4. The van der Waals surface area contributed by atoms with Gasteiger partial charge in [0.25, 0.3) is 0 Å². The van der Waals surface area contributed by atoms with Crippen LogP contribution in [0.4, 0.5) is 0 Å². The van der Waals surface area contributed by atoms with E-state index in [4.69, 9.17) is 32.7 Å². The zero-order chi connectivity index (χ0) is 102. The largest absolute Gasteiger partial charge is 0.481 e. The number of carbonyl (C=O) groups excluding carboxylic acids is 4. The number of esters is 2. The van der Waals surface area contributed by atoms with Crippen LogP contribution in [-0.4, -0.2) is 58.3 Å². The third-order valence-electron chi connectivity index (χ3n) is 42.3. The predicted molar refractivity (Wildman–Crippen MR) is 575 cm³/mol. The molecule has 6 saturated carbocycles. The molecule has 6 aromatic rings. The number of benzene rings is 6. The second-order valence-electron chi connectivity index (χ2n) is 52.5. The summed E-state index contributed by atoms with van der Waals surface area (Å²) in [7, 11) is 1.56. The molecule has 0 radical (unpaired) electrons. The minimum Gasteiger partial charge on any atom is -0.481 e. The number of unbranched alkanes of at least 4 members (excludes halogenated alkanes) is 1. The molecule has 18 unspecified atom stereocenters. The van der Waals surface area contributed by atoms with Gasteiger partial charge in [0.1, 0.15) is 0 Å². The summed E-state index contributed by atoms with van der Waals surface area (Å²) in [4.78, 5) is 78.0. The summed E-state index contributed by atoms with van der Waals surface area (Å²) in [6.07, 6.45) is 34.5. The molecule has 0 saturated heterocycles. The molecule has 12 aliphatic rings. The number of carboxylic acids is 2. The Morgan fingerprint density at radius 1 is 0.307 bits per heavy atom. The number of hydrogen-bond donors (Lipinski definition) is 2. The Bertz CT molecular complexity index is 5350. The number of aliphatic carboxylic acids is 2. The fourth-order valence-corrected chi connectivity index (χ4v) is 34.9. The fourth-order valence-electron chi connectivity index (χ4n) is 34.4. The molecule has 0 aliphatic heterocycles. The molecule has 2 N–H and O–H groups in total. The minimum absolute atomic E-state index is 0. The van der Waals surface area contributed by atoms with Gasteiger partial charge in [-0.3, -0.25) is 28.8 Å². The van der Waals surface area contributed by atoms with Crippen molar-refractivity contribution in [3.05, 3.63) is 206 Å². The molecule has 6 fully saturated rings. The van der Waals surface area contributed by atoms with Crippen molar-refractivity contribution in [3.63, 3.8) is 0 Å². The number of halogens is 2. The third-order valence-corrected chi connectivity index (χ3v) is 43.1. The van der Waals surface area contributed by atoms with Crippen LogP contribution in [0.1, 0.15) is 510 Å². The maximum atomic E-state index is 13.7. The van der Waals surface area contributed by atoms with Crippen LogP contribution in [0, 0.1) is 68.0 Å². The molecule has 764 valence electrons. The fraction of sp³-hybridized carbons (Fsp3) is 0.672. The lowest BCUT2D eigenvalue weighted by Gasteiger charge is -2.54. The second-order valence-corrected chi connectivity index (χ2v) is 53.2. The third kappa shape index (κ3) is 17.7. The normalized spacial score (nSPS) is 33.3. The van der Waals surface area contributed by atoms with Gasteiger partial charge in [0.15, 0.2) is 0 Å². The van der Waals surface area contributed by atoms with Gasteiger partial charge in [-0.25, -0.2) is 0 Å². The lowest BCUT2D eigenvalue weighted by atomic mass is 9.49. The summed E-state index contributed by atoms with van der Waals surface area (Å²) in [5.74, 6) is 2.59. The number of rotatable bonds is 21. The zero-order valence-corrected chi connectivity index (χ0v) is 92.7. The van der Waals surface area contributed by atoms with Crippen LogP contribution in [0.25, 0.3) is 0 Å². The molecule has 0 amide bonds. The number of carboxylic acid groups (broad SMARTS) is 2. The Kier molecular flexibility index (Phi) is 29.6. The highest BCUT2D eigenvalue weighted by Gasteiger charge is 2.63. The zero-order valence-electron chi connectivity index (χ0n) is 91.2. The summed E-state index contributed by atoms with van der Waals surface area (Å²) in [6, 6.07) is 30.4. The van der Waals surface area contributed by atoms with Gasteiger partial charge in [-0.2, -0.15) is 0 Å². The van der Waals surface area contributed by atoms with E-state index < -0.39 is 44.4 Å². The SMILES string of the molecule is CC(C)c1cc2c(cc1Cc1cc3c(cc1C(C)C)CCC1C(C)(C(=O)Cl)CCCC31C)C1(C)CCCC(C)(C(=O)Cl)C1CC2.CC(C)c1cc2c(cc1Cc1cc3c(cc1C(C)C)CCC1C(C)(C(=O)O)CCCC31C)C1(C)CCCC(C)(C(=O)O)C1CC2.CCCCOC(=O)C1(C)CCCC2(C)c3cc(Cc4cc5c(cc4C(C)C)CCC4C(C)(C(=O)OC)CCCC54C)c(C(C)C)cc3CCC12.[2HH]. The minimum atomic E-state index is -0.679. The van der Waals surface area contributed by atoms with Crippen molar-refractivity contribution >= 4 is 57.6 Å². The van der Waals surface area contributed by atoms with Crippen molar-refractivity contribution in [2.24, 2.45) is 68.0 Å². The van der Waals surface area contributed by atoms with Crippen molar-refractivity contribution in [3.8, 4) is 0 Å². The molecule has 0 spiro atoms. The van der Waals surface area contributed by atoms with E-state index in [0.29, 0.717) is 42.1 Å². The maximum absolute atomic E-state index is 13.7. The Morgan fingerprint density at radius 3 is 0.693 bits per heavy atom. The average molecular weight is 1950 g/mol. The number of methoxy groups -OCH3 is 1. The van der Waals surface area contributed by atoms with E-state index in [2.05, 4.69) is 232 Å². The standard InChI is InChI=1S/C46H66O4.C41H54Cl2O2.C41H56O4.H2/c1-11-12-23-50-42(48)46(9)22-14-20-44(7)38-28-34(36(30(4)5)26-32(38)16-18-40(44)46)24-33-27-37-31(25-35(33)29(2)3)15-17-39-43(37,6)19-13-21-45(39,8)41(47)49-10;1-24(2)30-20-26-11-13-34-38(5,15-9-17-40(34,7)36(42)44)32(26)22-28(30)19-29-23-33-27(21-31(29)25(3)4)12-14-35-39(33,6)16-10-18-41(35,8)37(43)45;1-24(2)30-20-26-11-13-34-38(5,15-9-17-40(34,7)36(42)43)32(26)22-28(30)19-29-23-33-27(21-31(29)25(3)4)12-14-35-39(33,6)16-10-18-41(35,8)37(44)45;/h25-30,39-40H,11-24H2,1-10H3;20-25,34-35H,9-19H2,1-8H3;20-25,34-35H,9-19H2,1-8H3,(H,42,43)(H,44,45);1H/i;;;1+1. The van der Waals surface area contributed by atoms with Gasteiger partial charge in [-0.15, -0.1) is 0 Å². The van der Waals surface area contributed by atoms with Gasteiger partial charge in [0.05, 0.1) is 35.4 Å². The smallest absolute Gasteiger partial charge is 0.312 e. The maximum Gasteiger partial charge on any atom is 0.312 e. The quantitative estimate of drug-likeness (QED) is 0.0403. The Morgan fingerprint density at radius 2 is 0.500 bits per heavy atom. The Labute approximate surface area is 855 Å². The molecule has 12 aliphatic carbocycles. The van der Waals surface area contributed by atoms with Gasteiger partial charge in [0.2, 0.25) is 10.5 Å². The van der Waals surface area contributed by atoms with Crippen LogP contribution in [0.15, 0.2) is 72.8 Å². The van der Waals surface area contributed by atoms with Crippen molar-refractivity contribution in [1.82, 2.24) is 0 Å². The van der Waals surface area contributed by atoms with Crippen molar-refractivity contribution < 1.29 is 49.9 Å². The monoisotopic (exact) mass is 1950 g/mol. The van der Waals surface area contributed by atoms with Gasteiger partial charge in [0, 0.05) is 12.3 Å². The summed E-state index contributed by atoms with van der Waals surface area (Å²) >= 11 is 12.7. The first-order valence-electron chi connectivity index (χ1n) is 55.8. The summed E-state index contributed by atoms with van der Waals surface area (Å²) in [5.41, 5.74) is 31.0. The van der Waals surface area contributed by atoms with Crippen LogP contribution in [-0.2, 0) is 129 Å². The average Bonchev–Trinajstić information content (AvgIpc) is 0.725. The highest BCUT2D eigenvalue weighted by molar-refractivity contribution is 6.65. The first-order chi connectivity index (χ1) is 65.7. The second kappa shape index (κ2) is 39.1. The molecule has 0 aromatic heterocycles. The lowest BCUT2D eigenvalue weighted by Crippen LogP contribution is -2.53. The molecule has 140 heavy (non-hydrogen) atoms. The molecule has 0 heterocycles. The molecule has 6 aromatic carbocycles. The molecule has 18 atom stereocenters. The number of ether oxygens (including phenoxy) is 2. The lowest BCUT2D eigenvalue weighted by molar-refractivity contribution is -0.165. The van der Waals surface area contributed by atoms with Crippen LogP contribution < -0.4 is 0 Å². The van der Waals surface area contributed by atoms with E-state index in [1.165, 1.54) is 134 Å². The van der Waals surface area contributed by atoms with Crippen molar-refractivity contribution in [2.75, 3.05) is 13.7 Å². The molecule has 12 heteroatoms. The number of carbonyl (C=O) groups is 6. The van der Waals surface area contributed by atoms with E-state index in [0.717, 1.165) is 225 Å². The molecule has 10 nitrogen and oxygen atoms in total. The van der Waals surface area contributed by atoms with E-state index in [1.807, 2.05) is 13.8 Å². The van der Waals surface area contributed by atoms with E-state index in [9.17, 15) is 39.0 Å². The first kappa shape index (κ1) is 106. The van der Waals surface area contributed by atoms with Crippen molar-refractivity contribution in [2.45, 2.75) is 466 Å². The van der Waals surface area contributed by atoms with Gasteiger partial charge >= 0.3 is 23.9 Å². The van der Waals surface area contributed by atoms with Crippen LogP contribution >= 0.6 is 23.2 Å². The predicted octanol–water partition coefficient (Wildman–Crippen LogP) is 32.1. The summed E-state index contributed by atoms with van der Waals surface area (Å²) in [5, 5.41) is 20.4. The Hall–Kier alpha value is -6.88. The van der Waals surface area contributed by atoms with Crippen LogP contribution in [0.5, 0.6) is 0 Å². The van der Waals surface area contributed by atoms with Crippen molar-refractivity contribution in [1.29, 1.82) is 0 Å². The molecular formula is C128H178Cl2O10. The van der Waals surface area contributed by atoms with Gasteiger partial charge < -0.3 is 19.7 Å². The highest BCUT2D eigenvalue weighted by atomic mass is 35.5. The molecule has 0 bridgehead atoms. The van der Waals surface area contributed by atoms with E-state index in [-0.39, 0.29) is 91.8 Å².